The Morgan fingerprint density at radius 2 is 1.96 bits per heavy atom. The van der Waals surface area contributed by atoms with E-state index in [1.165, 1.54) is 12.1 Å². The van der Waals surface area contributed by atoms with E-state index in [0.29, 0.717) is 35.7 Å². The van der Waals surface area contributed by atoms with Crippen LogP contribution in [-0.4, -0.2) is 46.4 Å². The largest absolute Gasteiger partial charge is 0.507 e. The second-order valence-electron chi connectivity index (χ2n) is 6.32. The predicted octanol–water partition coefficient (Wildman–Crippen LogP) is 3.11. The highest BCUT2D eigenvalue weighted by Gasteiger charge is 2.42. The smallest absolute Gasteiger partial charge is 0.273 e. The molecular weight excluding hydrogens is 349 g/mol. The van der Waals surface area contributed by atoms with Crippen molar-refractivity contribution in [1.29, 1.82) is 0 Å². The first-order valence-electron chi connectivity index (χ1n) is 8.53. The fourth-order valence-corrected chi connectivity index (χ4v) is 3.49. The zero-order valence-electron chi connectivity index (χ0n) is 14.6. The molecule has 6 nitrogen and oxygen atoms in total. The molecule has 0 unspecified atom stereocenters. The van der Waals surface area contributed by atoms with Gasteiger partial charge in [-0.2, -0.15) is 5.10 Å². The zero-order valence-corrected chi connectivity index (χ0v) is 14.6. The van der Waals surface area contributed by atoms with Crippen molar-refractivity contribution in [1.82, 2.24) is 15.1 Å². The van der Waals surface area contributed by atoms with E-state index in [2.05, 4.69) is 10.2 Å². The molecule has 138 valence electrons. The number of amides is 1. The monoisotopic (exact) mass is 367 g/mol. The number of aromatic amines is 1. The second kappa shape index (κ2) is 6.85. The molecule has 3 aromatic rings. The summed E-state index contributed by atoms with van der Waals surface area (Å²) in [6.45, 7) is 0.743. The molecule has 1 amide bonds. The Morgan fingerprint density at radius 3 is 2.67 bits per heavy atom. The molecule has 0 aliphatic carbocycles. The number of hydrogen-bond donors (Lipinski definition) is 2. The van der Waals surface area contributed by atoms with Gasteiger partial charge in [-0.1, -0.05) is 24.3 Å². The van der Waals surface area contributed by atoms with Crippen molar-refractivity contribution in [3.63, 3.8) is 0 Å². The number of rotatable bonds is 5. The van der Waals surface area contributed by atoms with Crippen LogP contribution in [0.4, 0.5) is 4.39 Å². The average molecular weight is 367 g/mol. The third kappa shape index (κ3) is 2.86. The van der Waals surface area contributed by atoms with Gasteiger partial charge >= 0.3 is 0 Å². The SMILES string of the molecule is COCCN1C(=O)c2[nH]nc(-c3ccccc3O)c2[C@H]1c1ccc(F)cc1. The van der Waals surface area contributed by atoms with Crippen molar-refractivity contribution in [2.75, 3.05) is 20.3 Å². The van der Waals surface area contributed by atoms with Gasteiger partial charge in [0, 0.05) is 24.8 Å². The van der Waals surface area contributed by atoms with E-state index in [1.54, 1.807) is 48.4 Å². The van der Waals surface area contributed by atoms with Gasteiger partial charge in [0.25, 0.3) is 5.91 Å². The summed E-state index contributed by atoms with van der Waals surface area (Å²) in [4.78, 5) is 14.6. The van der Waals surface area contributed by atoms with Crippen LogP contribution in [-0.2, 0) is 4.74 Å². The fraction of sp³-hybridized carbons (Fsp3) is 0.200. The van der Waals surface area contributed by atoms with E-state index < -0.39 is 6.04 Å². The van der Waals surface area contributed by atoms with Gasteiger partial charge < -0.3 is 14.7 Å². The maximum Gasteiger partial charge on any atom is 0.273 e. The van der Waals surface area contributed by atoms with Crippen molar-refractivity contribution in [3.05, 3.63) is 71.2 Å². The minimum Gasteiger partial charge on any atom is -0.507 e. The summed E-state index contributed by atoms with van der Waals surface area (Å²) < 4.78 is 18.6. The van der Waals surface area contributed by atoms with Gasteiger partial charge in [0.05, 0.1) is 12.6 Å². The molecule has 0 spiro atoms. The molecule has 0 saturated carbocycles. The van der Waals surface area contributed by atoms with Gasteiger partial charge in [0.2, 0.25) is 0 Å². The molecule has 1 atom stereocenters. The lowest BCUT2D eigenvalue weighted by Crippen LogP contribution is -2.32. The normalized spacial score (nSPS) is 16.0. The number of halogens is 1. The summed E-state index contributed by atoms with van der Waals surface area (Å²) in [5.41, 5.74) is 2.84. The number of aromatic hydroxyl groups is 1. The van der Waals surface area contributed by atoms with E-state index in [1.807, 2.05) is 0 Å². The summed E-state index contributed by atoms with van der Waals surface area (Å²) in [6, 6.07) is 12.4. The Balaban J connectivity index is 1.88. The van der Waals surface area contributed by atoms with Crippen LogP contribution in [0.25, 0.3) is 11.3 Å². The molecule has 0 radical (unpaired) electrons. The van der Waals surface area contributed by atoms with Crippen LogP contribution in [0.2, 0.25) is 0 Å². The molecule has 0 saturated heterocycles. The standard InChI is InChI=1S/C20H18FN3O3/c1-27-11-10-24-19(12-6-8-13(21)9-7-12)16-17(22-23-18(16)20(24)26)14-4-2-3-5-15(14)25/h2-9,19,25H,10-11H2,1H3,(H,22,23)/t19-/m1/s1. The molecule has 7 heteroatoms. The molecule has 1 aromatic heterocycles. The number of benzene rings is 2. The molecule has 4 rings (SSSR count). The van der Waals surface area contributed by atoms with E-state index in [9.17, 15) is 14.3 Å². The van der Waals surface area contributed by atoms with Crippen LogP contribution in [0.1, 0.15) is 27.7 Å². The van der Waals surface area contributed by atoms with E-state index in [0.717, 1.165) is 5.56 Å². The second-order valence-corrected chi connectivity index (χ2v) is 6.32. The van der Waals surface area contributed by atoms with Gasteiger partial charge in [-0.05, 0) is 29.8 Å². The fourth-order valence-electron chi connectivity index (χ4n) is 3.49. The first-order valence-corrected chi connectivity index (χ1v) is 8.53. The molecule has 2 heterocycles. The highest BCUT2D eigenvalue weighted by Crippen LogP contribution is 2.44. The first kappa shape index (κ1) is 17.2. The van der Waals surface area contributed by atoms with Gasteiger partial charge in [-0.15, -0.1) is 0 Å². The van der Waals surface area contributed by atoms with E-state index in [-0.39, 0.29) is 17.5 Å². The number of ether oxygens (including phenoxy) is 1. The molecular formula is C20H18FN3O3. The Hall–Kier alpha value is -3.19. The van der Waals surface area contributed by atoms with Crippen LogP contribution >= 0.6 is 0 Å². The van der Waals surface area contributed by atoms with Gasteiger partial charge in [0.1, 0.15) is 23.0 Å². The van der Waals surface area contributed by atoms with Crippen molar-refractivity contribution in [3.8, 4) is 17.0 Å². The Labute approximate surface area is 155 Å². The quantitative estimate of drug-likeness (QED) is 0.726. The lowest BCUT2D eigenvalue weighted by Gasteiger charge is -2.26. The van der Waals surface area contributed by atoms with Gasteiger partial charge in [-0.25, -0.2) is 4.39 Å². The minimum absolute atomic E-state index is 0.0763. The highest BCUT2D eigenvalue weighted by molar-refractivity contribution is 6.00. The molecule has 1 aliphatic heterocycles. The number of H-pyrrole nitrogens is 1. The minimum atomic E-state index is -0.448. The number of fused-ring (bicyclic) bond motifs is 1. The summed E-state index contributed by atoms with van der Waals surface area (Å²) in [7, 11) is 1.57. The summed E-state index contributed by atoms with van der Waals surface area (Å²) in [5, 5.41) is 17.4. The molecule has 27 heavy (non-hydrogen) atoms. The molecule has 2 N–H and O–H groups in total. The van der Waals surface area contributed by atoms with Gasteiger partial charge in [0.15, 0.2) is 0 Å². The van der Waals surface area contributed by atoms with Crippen LogP contribution in [0, 0.1) is 5.82 Å². The summed E-state index contributed by atoms with van der Waals surface area (Å²) >= 11 is 0. The number of phenolic OH excluding ortho intramolecular Hbond substituents is 1. The number of carbonyl (C=O) groups is 1. The van der Waals surface area contributed by atoms with Crippen LogP contribution in [0.5, 0.6) is 5.75 Å². The summed E-state index contributed by atoms with van der Waals surface area (Å²) in [5.74, 6) is -0.474. The third-order valence-electron chi connectivity index (χ3n) is 4.75. The van der Waals surface area contributed by atoms with Crippen LogP contribution < -0.4 is 0 Å². The van der Waals surface area contributed by atoms with Crippen molar-refractivity contribution >= 4 is 5.91 Å². The molecule has 1 aliphatic rings. The number of nitrogens with one attached hydrogen (secondary N) is 1. The Kier molecular flexibility index (Phi) is 4.37. The van der Waals surface area contributed by atoms with Crippen LogP contribution in [0.15, 0.2) is 48.5 Å². The van der Waals surface area contributed by atoms with Crippen molar-refractivity contribution < 1.29 is 19.0 Å². The van der Waals surface area contributed by atoms with Crippen molar-refractivity contribution in [2.45, 2.75) is 6.04 Å². The molecule has 0 bridgehead atoms. The zero-order chi connectivity index (χ0) is 19.0. The molecule has 0 fully saturated rings. The maximum atomic E-state index is 13.4. The lowest BCUT2D eigenvalue weighted by atomic mass is 9.96. The first-order chi connectivity index (χ1) is 13.1. The number of carbonyl (C=O) groups excluding carboxylic acids is 1. The number of phenols is 1. The Bertz CT molecular complexity index is 984. The van der Waals surface area contributed by atoms with Crippen LogP contribution in [0.3, 0.4) is 0 Å². The Morgan fingerprint density at radius 1 is 1.22 bits per heavy atom. The van der Waals surface area contributed by atoms with E-state index >= 15 is 0 Å². The number of nitrogens with zero attached hydrogens (tertiary/aromatic N) is 2. The topological polar surface area (TPSA) is 78.5 Å². The summed E-state index contributed by atoms with van der Waals surface area (Å²) in [6.07, 6.45) is 0. The molecule has 2 aromatic carbocycles. The maximum absolute atomic E-state index is 13.4. The number of aromatic nitrogens is 2. The van der Waals surface area contributed by atoms with Crippen molar-refractivity contribution in [2.24, 2.45) is 0 Å². The number of para-hydroxylation sites is 1. The van der Waals surface area contributed by atoms with Gasteiger partial charge in [-0.3, -0.25) is 9.89 Å². The average Bonchev–Trinajstić information content (AvgIpc) is 3.21. The lowest BCUT2D eigenvalue weighted by molar-refractivity contribution is 0.0677. The highest BCUT2D eigenvalue weighted by atomic mass is 19.1. The predicted molar refractivity (Wildman–Crippen MR) is 96.8 cm³/mol. The number of hydrogen-bond acceptors (Lipinski definition) is 4. The number of methoxy groups -OCH3 is 1. The third-order valence-corrected chi connectivity index (χ3v) is 4.75. The van der Waals surface area contributed by atoms with E-state index in [4.69, 9.17) is 4.74 Å².